The largest absolute Gasteiger partial charge is 0.481 e. The van der Waals surface area contributed by atoms with Crippen molar-refractivity contribution < 1.29 is 34.2 Å². The molecule has 3 N–H and O–H groups in total. The van der Waals surface area contributed by atoms with E-state index >= 15 is 0 Å². The number of rotatable bonds is 30. The highest BCUT2D eigenvalue weighted by atomic mass is 33.1. The van der Waals surface area contributed by atoms with Gasteiger partial charge in [0, 0.05) is 25.7 Å². The highest BCUT2D eigenvalue weighted by Crippen LogP contribution is 2.17. The summed E-state index contributed by atoms with van der Waals surface area (Å²) < 4.78 is 0. The van der Waals surface area contributed by atoms with Crippen molar-refractivity contribution in [1.82, 2.24) is 5.32 Å². The Labute approximate surface area is 330 Å². The Bertz CT molecular complexity index is 764. The molecule has 0 saturated heterocycles. The maximum atomic E-state index is 12.2. The van der Waals surface area contributed by atoms with E-state index in [1.54, 1.807) is 64.8 Å². The molecule has 0 fully saturated rings. The number of nitrogens with one attached hydrogen (secondary N) is 1. The molecule has 0 aliphatic rings. The summed E-state index contributed by atoms with van der Waals surface area (Å²) in [5.74, 6) is -3.20. The Morgan fingerprint density at radius 3 is 1.12 bits per heavy atom. The average Bonchev–Trinajstić information content (AvgIpc) is 3.08. The van der Waals surface area contributed by atoms with Crippen LogP contribution in [0.3, 0.4) is 0 Å². The van der Waals surface area contributed by atoms with Gasteiger partial charge in [-0.05, 0) is 63.7 Å². The summed E-state index contributed by atoms with van der Waals surface area (Å²) >= 11 is 0. The zero-order chi connectivity index (χ0) is 38.0. The summed E-state index contributed by atoms with van der Waals surface area (Å²) in [6, 6.07) is 0. The van der Waals surface area contributed by atoms with Gasteiger partial charge in [-0.2, -0.15) is 0 Å². The summed E-state index contributed by atoms with van der Waals surface area (Å²) in [5, 5.41) is 20.4. The summed E-state index contributed by atoms with van der Waals surface area (Å²) in [4.78, 5) is 56.6. The number of carboxylic acid groups (broad SMARTS) is 2. The molecule has 0 saturated carbocycles. The third kappa shape index (κ3) is 60.0. The Morgan fingerprint density at radius 2 is 0.840 bits per heavy atom. The fraction of sp³-hybridized carbons (Fsp3) is 0.861. The van der Waals surface area contributed by atoms with Crippen molar-refractivity contribution in [3.05, 3.63) is 0 Å². The van der Waals surface area contributed by atoms with Gasteiger partial charge < -0.3 is 15.5 Å². The van der Waals surface area contributed by atoms with E-state index in [1.165, 1.54) is 71.1 Å². The minimum absolute atomic E-state index is 0. The molecule has 300 valence electrons. The number of Topliss-reactive ketones (excluding diaryl/α,β-unsaturated/α-hetero) is 2. The van der Waals surface area contributed by atoms with Gasteiger partial charge in [0.15, 0.2) is 0 Å². The van der Waals surface area contributed by atoms with Crippen LogP contribution in [0.2, 0.25) is 0 Å². The van der Waals surface area contributed by atoms with Gasteiger partial charge in [0.2, 0.25) is 5.91 Å². The predicted molar refractivity (Wildman–Crippen MR) is 232 cm³/mol. The molecule has 0 aromatic rings. The molecule has 8 nitrogen and oxygen atoms in total. The first-order valence-electron chi connectivity index (χ1n) is 17.4. The fourth-order valence-electron chi connectivity index (χ4n) is 4.38. The zero-order valence-electron chi connectivity index (χ0n) is 31.5. The predicted octanol–water partition coefficient (Wildman–Crippen LogP) is 11.8. The highest BCUT2D eigenvalue weighted by Gasteiger charge is 2.22. The van der Waals surface area contributed by atoms with Crippen LogP contribution in [0.25, 0.3) is 0 Å². The SMILES string of the molecule is C.CC(=O)CNC(=O)CC[C@H](CC(=O)CCCCCCCCCCCCCCCCCCC(=O)O)C(=O)O.CSSC.CSSC.CSSC. The number of carboxylic acids is 2. The number of carbonyl (C=O) groups is 5. The smallest absolute Gasteiger partial charge is 0.306 e. The second-order valence-corrected chi connectivity index (χ2v) is 19.3. The lowest BCUT2D eigenvalue weighted by molar-refractivity contribution is -0.144. The lowest BCUT2D eigenvalue weighted by Gasteiger charge is -2.11. The number of unbranched alkanes of at least 4 members (excludes halogenated alkanes) is 15. The monoisotopic (exact) mass is 823 g/mol. The summed E-state index contributed by atoms with van der Waals surface area (Å²) in [6.45, 7) is 1.30. The molecule has 0 radical (unpaired) electrons. The van der Waals surface area contributed by atoms with Crippen LogP contribution in [0.4, 0.5) is 0 Å². The molecule has 0 aromatic heterocycles. The van der Waals surface area contributed by atoms with Crippen molar-refractivity contribution in [2.45, 2.75) is 149 Å². The molecule has 0 bridgehead atoms. The van der Waals surface area contributed by atoms with Crippen molar-refractivity contribution in [3.8, 4) is 0 Å². The number of hydrogen-bond acceptors (Lipinski definition) is 11. The van der Waals surface area contributed by atoms with E-state index in [1.807, 2.05) is 0 Å². The van der Waals surface area contributed by atoms with E-state index in [2.05, 4.69) is 42.9 Å². The van der Waals surface area contributed by atoms with Gasteiger partial charge in [-0.3, -0.25) is 24.0 Å². The van der Waals surface area contributed by atoms with E-state index in [4.69, 9.17) is 5.11 Å². The van der Waals surface area contributed by atoms with Crippen molar-refractivity contribution >= 4 is 94.2 Å². The zero-order valence-corrected chi connectivity index (χ0v) is 36.4. The Morgan fingerprint density at radius 1 is 0.520 bits per heavy atom. The van der Waals surface area contributed by atoms with Crippen molar-refractivity contribution in [3.63, 3.8) is 0 Å². The topological polar surface area (TPSA) is 138 Å². The number of aliphatic carboxylic acids is 2. The first-order chi connectivity index (χ1) is 23.5. The molecule has 0 aliphatic carbocycles. The summed E-state index contributed by atoms with van der Waals surface area (Å²) in [7, 11) is 10.6. The lowest BCUT2D eigenvalue weighted by Crippen LogP contribution is -2.29. The van der Waals surface area contributed by atoms with Crippen molar-refractivity contribution in [2.75, 3.05) is 44.1 Å². The van der Waals surface area contributed by atoms with Crippen LogP contribution in [-0.4, -0.2) is 83.7 Å². The third-order valence-corrected chi connectivity index (χ3v) is 11.2. The van der Waals surface area contributed by atoms with Gasteiger partial charge in [-0.25, -0.2) is 0 Å². The quantitative estimate of drug-likeness (QED) is 0.0468. The van der Waals surface area contributed by atoms with E-state index in [0.29, 0.717) is 12.8 Å². The average molecular weight is 824 g/mol. The van der Waals surface area contributed by atoms with Crippen LogP contribution in [0.5, 0.6) is 0 Å². The van der Waals surface area contributed by atoms with Crippen LogP contribution in [-0.2, 0) is 24.0 Å². The Hall–Kier alpha value is -0.150. The van der Waals surface area contributed by atoms with Gasteiger partial charge in [-0.15, -0.1) is 0 Å². The van der Waals surface area contributed by atoms with E-state index in [-0.39, 0.29) is 50.7 Å². The molecular formula is C36H73NO7S6. The molecule has 0 aromatic carbocycles. The highest BCUT2D eigenvalue weighted by molar-refractivity contribution is 8.76. The van der Waals surface area contributed by atoms with Crippen LogP contribution in [0.15, 0.2) is 0 Å². The van der Waals surface area contributed by atoms with Gasteiger partial charge >= 0.3 is 11.9 Å². The normalized spacial score (nSPS) is 10.5. The molecule has 1 amide bonds. The lowest BCUT2D eigenvalue weighted by atomic mass is 9.94. The molecule has 0 rings (SSSR count). The first kappa shape index (κ1) is 59.1. The number of carbonyl (C=O) groups excluding carboxylic acids is 3. The molecule has 0 heterocycles. The maximum Gasteiger partial charge on any atom is 0.306 e. The molecule has 14 heteroatoms. The molecule has 0 spiro atoms. The van der Waals surface area contributed by atoms with E-state index in [9.17, 15) is 29.1 Å². The van der Waals surface area contributed by atoms with Gasteiger partial charge in [0.25, 0.3) is 0 Å². The van der Waals surface area contributed by atoms with E-state index < -0.39 is 17.9 Å². The number of ketones is 2. The number of hydrogen-bond donors (Lipinski definition) is 3. The first-order valence-corrected chi connectivity index (χ1v) is 26.3. The third-order valence-electron chi connectivity index (χ3n) is 7.17. The standard InChI is InChI=1S/C29H51NO7.3C2H6S2.CH4/c1-24(31)23-30-27(33)21-20-25(29(36)37)22-26(32)18-16-14-12-10-8-6-4-2-3-5-7-9-11-13-15-17-19-28(34)35;3*1-3-4-2;/h25H,2-23H2,1H3,(H,30,33)(H,34,35)(H,36,37);3*1-2H3;1H4/t25-;;;;/m1..../s1. The summed E-state index contributed by atoms with van der Waals surface area (Å²) in [6.07, 6.45) is 31.5. The van der Waals surface area contributed by atoms with Gasteiger partial charge in [0.05, 0.1) is 12.5 Å². The minimum Gasteiger partial charge on any atom is -0.481 e. The second kappa shape index (κ2) is 51.0. The molecule has 0 aliphatic heterocycles. The van der Waals surface area contributed by atoms with Crippen LogP contribution < -0.4 is 5.32 Å². The molecule has 1 atom stereocenters. The molecule has 50 heavy (non-hydrogen) atoms. The fourth-order valence-corrected chi connectivity index (χ4v) is 4.38. The van der Waals surface area contributed by atoms with Gasteiger partial charge in [-0.1, -0.05) is 162 Å². The van der Waals surface area contributed by atoms with Crippen LogP contribution >= 0.6 is 64.8 Å². The molecule has 0 unspecified atom stereocenters. The summed E-state index contributed by atoms with van der Waals surface area (Å²) in [5.41, 5.74) is 0. The van der Waals surface area contributed by atoms with Crippen LogP contribution in [0, 0.1) is 5.92 Å². The maximum absolute atomic E-state index is 12.2. The number of amides is 1. The second-order valence-electron chi connectivity index (χ2n) is 11.3. The van der Waals surface area contributed by atoms with Crippen molar-refractivity contribution in [2.24, 2.45) is 5.92 Å². The van der Waals surface area contributed by atoms with Gasteiger partial charge in [0.1, 0.15) is 11.6 Å². The Kier molecular flexibility index (Phi) is 60.3. The Balaban J connectivity index is -0.000000445. The van der Waals surface area contributed by atoms with Crippen molar-refractivity contribution in [1.29, 1.82) is 0 Å². The minimum atomic E-state index is -1.06. The van der Waals surface area contributed by atoms with Crippen LogP contribution in [0.1, 0.15) is 149 Å². The van der Waals surface area contributed by atoms with E-state index in [0.717, 1.165) is 38.5 Å². The molecular weight excluding hydrogens is 751 g/mol.